The highest BCUT2D eigenvalue weighted by Gasteiger charge is 2.20. The average Bonchev–Trinajstić information content (AvgIpc) is 2.92. The first-order valence-electron chi connectivity index (χ1n) is 7.84. The third-order valence-electron chi connectivity index (χ3n) is 4.60. The Balaban J connectivity index is 2.10. The van der Waals surface area contributed by atoms with Gasteiger partial charge in [0.25, 0.3) is 0 Å². The molecule has 1 aliphatic carbocycles. The summed E-state index contributed by atoms with van der Waals surface area (Å²) in [4.78, 5) is 4.94. The smallest absolute Gasteiger partial charge is 0.0737 e. The molecule has 0 saturated carbocycles. The standard InChI is InChI=1S/C18H24N2/c1-4-13(3)19-11-16-14-8-6-10-17(14)20-18-12(2)7-5-9-15(16)18/h5,7,9,13,19H,4,6,8,10-11H2,1-3H3. The highest BCUT2D eigenvalue weighted by molar-refractivity contribution is 5.86. The van der Waals surface area contributed by atoms with E-state index in [4.69, 9.17) is 4.98 Å². The summed E-state index contributed by atoms with van der Waals surface area (Å²) in [5, 5.41) is 5.01. The van der Waals surface area contributed by atoms with Crippen LogP contribution in [-0.2, 0) is 19.4 Å². The minimum atomic E-state index is 0.570. The molecule has 2 aromatic rings. The molecule has 0 bridgehead atoms. The molecule has 1 atom stereocenters. The molecule has 106 valence electrons. The zero-order chi connectivity index (χ0) is 14.1. The lowest BCUT2D eigenvalue weighted by Gasteiger charge is -2.17. The van der Waals surface area contributed by atoms with Crippen LogP contribution in [0.4, 0.5) is 0 Å². The molecule has 1 aromatic carbocycles. The van der Waals surface area contributed by atoms with Gasteiger partial charge in [0.1, 0.15) is 0 Å². The van der Waals surface area contributed by atoms with Crippen LogP contribution in [0.5, 0.6) is 0 Å². The van der Waals surface area contributed by atoms with Crippen LogP contribution in [0.1, 0.15) is 49.1 Å². The van der Waals surface area contributed by atoms with Crippen molar-refractivity contribution >= 4 is 10.9 Å². The minimum absolute atomic E-state index is 0.570. The summed E-state index contributed by atoms with van der Waals surface area (Å²) in [6.07, 6.45) is 4.78. The minimum Gasteiger partial charge on any atom is -0.310 e. The summed E-state index contributed by atoms with van der Waals surface area (Å²) in [5.41, 5.74) is 6.84. The first kappa shape index (κ1) is 13.6. The number of para-hydroxylation sites is 1. The predicted octanol–water partition coefficient (Wildman–Crippen LogP) is 3.92. The lowest BCUT2D eigenvalue weighted by atomic mass is 9.99. The second kappa shape index (κ2) is 5.53. The molecule has 2 heteroatoms. The number of pyridine rings is 1. The molecular formula is C18H24N2. The van der Waals surface area contributed by atoms with E-state index in [0.717, 1.165) is 13.0 Å². The van der Waals surface area contributed by atoms with E-state index in [1.54, 1.807) is 0 Å². The maximum atomic E-state index is 4.94. The maximum absolute atomic E-state index is 4.94. The Bertz CT molecular complexity index is 631. The van der Waals surface area contributed by atoms with Crippen molar-refractivity contribution in [3.63, 3.8) is 0 Å². The van der Waals surface area contributed by atoms with E-state index < -0.39 is 0 Å². The fraction of sp³-hybridized carbons (Fsp3) is 0.500. The molecule has 0 spiro atoms. The van der Waals surface area contributed by atoms with Gasteiger partial charge in [-0.1, -0.05) is 25.1 Å². The van der Waals surface area contributed by atoms with E-state index in [9.17, 15) is 0 Å². The van der Waals surface area contributed by atoms with E-state index in [2.05, 4.69) is 44.3 Å². The Labute approximate surface area is 121 Å². The van der Waals surface area contributed by atoms with Crippen molar-refractivity contribution in [2.24, 2.45) is 0 Å². The molecule has 20 heavy (non-hydrogen) atoms. The van der Waals surface area contributed by atoms with E-state index >= 15 is 0 Å². The summed E-state index contributed by atoms with van der Waals surface area (Å²) in [5.74, 6) is 0. The van der Waals surface area contributed by atoms with Gasteiger partial charge in [0.05, 0.1) is 5.52 Å². The van der Waals surface area contributed by atoms with Gasteiger partial charge >= 0.3 is 0 Å². The number of aryl methyl sites for hydroxylation is 2. The van der Waals surface area contributed by atoms with Gasteiger partial charge in [-0.15, -0.1) is 0 Å². The monoisotopic (exact) mass is 268 g/mol. The number of aromatic nitrogens is 1. The summed E-state index contributed by atoms with van der Waals surface area (Å²) >= 11 is 0. The van der Waals surface area contributed by atoms with Crippen LogP contribution in [0.15, 0.2) is 18.2 Å². The molecule has 0 fully saturated rings. The van der Waals surface area contributed by atoms with Gasteiger partial charge in [-0.25, -0.2) is 0 Å². The molecule has 2 nitrogen and oxygen atoms in total. The van der Waals surface area contributed by atoms with E-state index in [0.29, 0.717) is 6.04 Å². The van der Waals surface area contributed by atoms with Gasteiger partial charge in [0.2, 0.25) is 0 Å². The largest absolute Gasteiger partial charge is 0.310 e. The van der Waals surface area contributed by atoms with Gasteiger partial charge in [-0.3, -0.25) is 4.98 Å². The number of hydrogen-bond donors (Lipinski definition) is 1. The second-order valence-electron chi connectivity index (χ2n) is 6.03. The quantitative estimate of drug-likeness (QED) is 0.909. The Morgan fingerprint density at radius 1 is 1.30 bits per heavy atom. The molecular weight excluding hydrogens is 244 g/mol. The molecule has 0 aliphatic heterocycles. The highest BCUT2D eigenvalue weighted by atomic mass is 14.9. The topological polar surface area (TPSA) is 24.9 Å². The lowest BCUT2D eigenvalue weighted by molar-refractivity contribution is 0.534. The van der Waals surface area contributed by atoms with Crippen molar-refractivity contribution < 1.29 is 0 Å². The Morgan fingerprint density at radius 3 is 2.95 bits per heavy atom. The van der Waals surface area contributed by atoms with Crippen LogP contribution in [0.3, 0.4) is 0 Å². The fourth-order valence-corrected chi connectivity index (χ4v) is 3.15. The van der Waals surface area contributed by atoms with E-state index in [1.165, 1.54) is 52.5 Å². The molecule has 0 saturated heterocycles. The fourth-order valence-electron chi connectivity index (χ4n) is 3.15. The van der Waals surface area contributed by atoms with Gasteiger partial charge < -0.3 is 5.32 Å². The molecule has 0 amide bonds. The van der Waals surface area contributed by atoms with Crippen molar-refractivity contribution in [1.29, 1.82) is 0 Å². The lowest BCUT2D eigenvalue weighted by Crippen LogP contribution is -2.25. The van der Waals surface area contributed by atoms with E-state index in [-0.39, 0.29) is 0 Å². The van der Waals surface area contributed by atoms with Crippen LogP contribution >= 0.6 is 0 Å². The normalized spacial score (nSPS) is 15.6. The number of benzene rings is 1. The SMILES string of the molecule is CCC(C)NCc1c2c(nc3c(C)cccc13)CCC2. The van der Waals surface area contributed by atoms with Crippen LogP contribution in [0, 0.1) is 6.92 Å². The summed E-state index contributed by atoms with van der Waals surface area (Å²) < 4.78 is 0. The maximum Gasteiger partial charge on any atom is 0.0737 e. The molecule has 1 N–H and O–H groups in total. The van der Waals surface area contributed by atoms with Gasteiger partial charge in [0.15, 0.2) is 0 Å². The third kappa shape index (κ3) is 2.33. The number of nitrogens with one attached hydrogen (secondary N) is 1. The highest BCUT2D eigenvalue weighted by Crippen LogP contribution is 2.31. The van der Waals surface area contributed by atoms with Crippen LogP contribution in [0.2, 0.25) is 0 Å². The molecule has 1 heterocycles. The Kier molecular flexibility index (Phi) is 3.75. The summed E-state index contributed by atoms with van der Waals surface area (Å²) in [6.45, 7) is 7.63. The number of nitrogens with zero attached hydrogens (tertiary/aromatic N) is 1. The number of fused-ring (bicyclic) bond motifs is 2. The van der Waals surface area contributed by atoms with Crippen LogP contribution in [-0.4, -0.2) is 11.0 Å². The van der Waals surface area contributed by atoms with E-state index in [1.807, 2.05) is 0 Å². The van der Waals surface area contributed by atoms with Crippen molar-refractivity contribution in [2.45, 2.75) is 59.0 Å². The van der Waals surface area contributed by atoms with Crippen LogP contribution in [0.25, 0.3) is 10.9 Å². The summed E-state index contributed by atoms with van der Waals surface area (Å²) in [6, 6.07) is 7.14. The van der Waals surface area contributed by atoms with Crippen molar-refractivity contribution in [2.75, 3.05) is 0 Å². The Morgan fingerprint density at radius 2 is 2.15 bits per heavy atom. The molecule has 1 unspecified atom stereocenters. The number of hydrogen-bond acceptors (Lipinski definition) is 2. The first-order valence-corrected chi connectivity index (χ1v) is 7.84. The third-order valence-corrected chi connectivity index (χ3v) is 4.60. The van der Waals surface area contributed by atoms with Crippen molar-refractivity contribution in [3.8, 4) is 0 Å². The number of rotatable bonds is 4. The molecule has 3 rings (SSSR count). The zero-order valence-electron chi connectivity index (χ0n) is 12.8. The van der Waals surface area contributed by atoms with Gasteiger partial charge in [-0.05, 0) is 56.2 Å². The summed E-state index contributed by atoms with van der Waals surface area (Å²) in [7, 11) is 0. The Hall–Kier alpha value is -1.41. The van der Waals surface area contributed by atoms with Crippen LogP contribution < -0.4 is 5.32 Å². The second-order valence-corrected chi connectivity index (χ2v) is 6.03. The zero-order valence-corrected chi connectivity index (χ0v) is 12.8. The van der Waals surface area contributed by atoms with Gasteiger partial charge in [-0.2, -0.15) is 0 Å². The van der Waals surface area contributed by atoms with Gasteiger partial charge in [0, 0.05) is 23.7 Å². The first-order chi connectivity index (χ1) is 9.70. The average molecular weight is 268 g/mol. The molecule has 1 aliphatic rings. The predicted molar refractivity (Wildman–Crippen MR) is 85.1 cm³/mol. The van der Waals surface area contributed by atoms with Crippen molar-refractivity contribution in [1.82, 2.24) is 10.3 Å². The molecule has 0 radical (unpaired) electrons. The van der Waals surface area contributed by atoms with Crippen molar-refractivity contribution in [3.05, 3.63) is 40.6 Å². The molecule has 1 aromatic heterocycles.